The fraction of sp³-hybridized carbons (Fsp3) is 0.235. The van der Waals surface area contributed by atoms with Crippen molar-refractivity contribution in [2.24, 2.45) is 0 Å². The summed E-state index contributed by atoms with van der Waals surface area (Å²) in [5.41, 5.74) is 0.267. The quantitative estimate of drug-likeness (QED) is 0.572. The molecule has 0 aromatic heterocycles. The van der Waals surface area contributed by atoms with Crippen molar-refractivity contribution in [3.8, 4) is 5.75 Å². The predicted octanol–water partition coefficient (Wildman–Crippen LogP) is 2.36. The number of rotatable bonds is 8. The van der Waals surface area contributed by atoms with Gasteiger partial charge < -0.3 is 9.47 Å². The van der Waals surface area contributed by atoms with Crippen LogP contribution in [0, 0.1) is 5.82 Å². The molecule has 0 radical (unpaired) electrons. The van der Waals surface area contributed by atoms with Gasteiger partial charge in [0.2, 0.25) is 10.0 Å². The van der Waals surface area contributed by atoms with E-state index in [2.05, 4.69) is 4.72 Å². The number of esters is 1. The number of carbonyl (C=O) groups excluding carboxylic acids is 1. The number of halogens is 1. The van der Waals surface area contributed by atoms with Crippen molar-refractivity contribution in [2.75, 3.05) is 19.8 Å². The van der Waals surface area contributed by atoms with E-state index in [9.17, 15) is 17.6 Å². The summed E-state index contributed by atoms with van der Waals surface area (Å²) in [5.74, 6) is -0.974. The minimum Gasteiger partial charge on any atom is -0.489 e. The molecule has 0 spiro atoms. The van der Waals surface area contributed by atoms with Gasteiger partial charge in [0.25, 0.3) is 0 Å². The molecular weight excluding hydrogens is 349 g/mol. The molecule has 0 amide bonds. The zero-order valence-electron chi connectivity index (χ0n) is 13.6. The molecule has 2 aromatic rings. The van der Waals surface area contributed by atoms with Crippen LogP contribution in [0.25, 0.3) is 0 Å². The number of para-hydroxylation sites is 1. The number of benzene rings is 2. The van der Waals surface area contributed by atoms with Crippen LogP contribution >= 0.6 is 0 Å². The molecule has 0 aliphatic heterocycles. The molecule has 1 N–H and O–H groups in total. The lowest BCUT2D eigenvalue weighted by Gasteiger charge is -2.09. The highest BCUT2D eigenvalue weighted by Crippen LogP contribution is 2.15. The third kappa shape index (κ3) is 5.27. The van der Waals surface area contributed by atoms with Crippen LogP contribution < -0.4 is 9.46 Å². The van der Waals surface area contributed by atoms with Gasteiger partial charge in [0, 0.05) is 6.54 Å². The molecule has 2 rings (SSSR count). The highest BCUT2D eigenvalue weighted by Gasteiger charge is 2.15. The first-order chi connectivity index (χ1) is 11.9. The van der Waals surface area contributed by atoms with E-state index in [0.29, 0.717) is 0 Å². The van der Waals surface area contributed by atoms with E-state index >= 15 is 0 Å². The van der Waals surface area contributed by atoms with E-state index in [4.69, 9.17) is 9.47 Å². The van der Waals surface area contributed by atoms with Gasteiger partial charge in [-0.25, -0.2) is 22.3 Å². The Morgan fingerprint density at radius 1 is 1.12 bits per heavy atom. The topological polar surface area (TPSA) is 81.7 Å². The second-order valence-electron chi connectivity index (χ2n) is 4.92. The van der Waals surface area contributed by atoms with Crippen molar-refractivity contribution in [1.29, 1.82) is 0 Å². The molecule has 0 unspecified atom stereocenters. The van der Waals surface area contributed by atoms with E-state index in [0.717, 1.165) is 0 Å². The smallest absolute Gasteiger partial charge is 0.338 e. The first-order valence-electron chi connectivity index (χ1n) is 7.58. The van der Waals surface area contributed by atoms with Gasteiger partial charge in [-0.15, -0.1) is 0 Å². The molecule has 0 atom stereocenters. The summed E-state index contributed by atoms with van der Waals surface area (Å²) in [6.07, 6.45) is 0. The van der Waals surface area contributed by atoms with Crippen LogP contribution in [-0.4, -0.2) is 34.1 Å². The molecule has 8 heteroatoms. The number of carbonyl (C=O) groups is 1. The molecule has 0 aliphatic rings. The van der Waals surface area contributed by atoms with Crippen molar-refractivity contribution in [2.45, 2.75) is 11.8 Å². The van der Waals surface area contributed by atoms with E-state index in [1.54, 1.807) is 13.0 Å². The zero-order chi connectivity index (χ0) is 18.3. The van der Waals surface area contributed by atoms with E-state index < -0.39 is 21.8 Å². The van der Waals surface area contributed by atoms with E-state index in [1.165, 1.54) is 42.5 Å². The summed E-state index contributed by atoms with van der Waals surface area (Å²) >= 11 is 0. The molecule has 0 aliphatic carbocycles. The first kappa shape index (κ1) is 18.9. The maximum absolute atomic E-state index is 13.4. The summed E-state index contributed by atoms with van der Waals surface area (Å²) < 4.78 is 50.1. The number of hydrogen-bond donors (Lipinski definition) is 1. The lowest BCUT2D eigenvalue weighted by molar-refractivity contribution is 0.0526. The van der Waals surface area contributed by atoms with Crippen molar-refractivity contribution >= 4 is 16.0 Å². The van der Waals surface area contributed by atoms with Gasteiger partial charge in [-0.2, -0.15) is 0 Å². The summed E-state index contributed by atoms with van der Waals surface area (Å²) in [6.45, 7) is 1.86. The molecule has 134 valence electrons. The lowest BCUT2D eigenvalue weighted by Crippen LogP contribution is -2.28. The van der Waals surface area contributed by atoms with E-state index in [1.807, 2.05) is 0 Å². The van der Waals surface area contributed by atoms with Crippen LogP contribution in [0.3, 0.4) is 0 Å². The van der Waals surface area contributed by atoms with Crippen molar-refractivity contribution in [3.63, 3.8) is 0 Å². The Hall–Kier alpha value is -2.45. The highest BCUT2D eigenvalue weighted by atomic mass is 32.2. The average molecular weight is 367 g/mol. The lowest BCUT2D eigenvalue weighted by atomic mass is 10.2. The SMILES string of the molecule is CCOC(=O)c1ccc(S(=O)(=O)NCCOc2ccccc2F)cc1. The molecule has 0 bridgehead atoms. The van der Waals surface area contributed by atoms with Crippen LogP contribution in [-0.2, 0) is 14.8 Å². The van der Waals surface area contributed by atoms with Gasteiger partial charge in [0.05, 0.1) is 17.1 Å². The highest BCUT2D eigenvalue weighted by molar-refractivity contribution is 7.89. The van der Waals surface area contributed by atoms with Crippen LogP contribution in [0.5, 0.6) is 5.75 Å². The number of ether oxygens (including phenoxy) is 2. The zero-order valence-corrected chi connectivity index (χ0v) is 14.4. The first-order valence-corrected chi connectivity index (χ1v) is 9.06. The summed E-state index contributed by atoms with van der Waals surface area (Å²) in [7, 11) is -3.76. The van der Waals surface area contributed by atoms with Crippen molar-refractivity contribution in [1.82, 2.24) is 4.72 Å². The molecule has 25 heavy (non-hydrogen) atoms. The van der Waals surface area contributed by atoms with Gasteiger partial charge in [0.15, 0.2) is 11.6 Å². The van der Waals surface area contributed by atoms with Gasteiger partial charge in [-0.1, -0.05) is 12.1 Å². The molecule has 0 heterocycles. The van der Waals surface area contributed by atoms with Gasteiger partial charge in [-0.3, -0.25) is 0 Å². The normalized spacial score (nSPS) is 11.1. The Kier molecular flexibility index (Phi) is 6.49. The molecule has 0 saturated carbocycles. The van der Waals surface area contributed by atoms with Gasteiger partial charge in [-0.05, 0) is 43.3 Å². The molecule has 6 nitrogen and oxygen atoms in total. The van der Waals surface area contributed by atoms with Crippen molar-refractivity contribution < 1.29 is 27.1 Å². The fourth-order valence-corrected chi connectivity index (χ4v) is 2.98. The molecule has 0 fully saturated rings. The second-order valence-corrected chi connectivity index (χ2v) is 6.69. The monoisotopic (exact) mass is 367 g/mol. The maximum Gasteiger partial charge on any atom is 0.338 e. The summed E-state index contributed by atoms with van der Waals surface area (Å²) in [4.78, 5) is 11.6. The molecule has 2 aromatic carbocycles. The standard InChI is InChI=1S/C17H18FNO5S/c1-2-23-17(20)13-7-9-14(10-8-13)25(21,22)19-11-12-24-16-6-4-3-5-15(16)18/h3-10,19H,2,11-12H2,1H3. The maximum atomic E-state index is 13.4. The van der Waals surface area contributed by atoms with Crippen LogP contribution in [0.15, 0.2) is 53.4 Å². The van der Waals surface area contributed by atoms with Crippen LogP contribution in [0.4, 0.5) is 4.39 Å². The van der Waals surface area contributed by atoms with Crippen LogP contribution in [0.1, 0.15) is 17.3 Å². The Labute approximate surface area is 145 Å². The number of sulfonamides is 1. The predicted molar refractivity (Wildman–Crippen MR) is 89.5 cm³/mol. The number of hydrogen-bond acceptors (Lipinski definition) is 5. The second kappa shape index (κ2) is 8.59. The van der Waals surface area contributed by atoms with Crippen molar-refractivity contribution in [3.05, 3.63) is 59.9 Å². The van der Waals surface area contributed by atoms with Gasteiger partial charge in [0.1, 0.15) is 6.61 Å². The Morgan fingerprint density at radius 3 is 2.44 bits per heavy atom. The molecular formula is C17H18FNO5S. The minimum absolute atomic E-state index is 0.00596. The summed E-state index contributed by atoms with van der Waals surface area (Å²) in [5, 5.41) is 0. The Morgan fingerprint density at radius 2 is 1.80 bits per heavy atom. The van der Waals surface area contributed by atoms with Crippen LogP contribution in [0.2, 0.25) is 0 Å². The Bertz CT molecular complexity index is 821. The Balaban J connectivity index is 1.90. The summed E-state index contributed by atoms with van der Waals surface area (Å²) in [6, 6.07) is 11.2. The third-order valence-corrected chi connectivity index (χ3v) is 4.64. The average Bonchev–Trinajstić information content (AvgIpc) is 2.60. The van der Waals surface area contributed by atoms with Gasteiger partial charge >= 0.3 is 5.97 Å². The number of nitrogens with one attached hydrogen (secondary N) is 1. The fourth-order valence-electron chi connectivity index (χ4n) is 1.97. The largest absolute Gasteiger partial charge is 0.489 e. The third-order valence-electron chi connectivity index (χ3n) is 3.16. The minimum atomic E-state index is -3.76. The molecule has 0 saturated heterocycles. The van der Waals surface area contributed by atoms with E-state index in [-0.39, 0.29) is 36.0 Å².